The maximum Gasteiger partial charge on any atom is 0.283 e. The van der Waals surface area contributed by atoms with Crippen molar-refractivity contribution in [2.24, 2.45) is 10.1 Å². The molecule has 0 atom stereocenters. The van der Waals surface area contributed by atoms with E-state index in [1.165, 1.54) is 27.9 Å². The minimum Gasteiger partial charge on any atom is -0.342 e. The summed E-state index contributed by atoms with van der Waals surface area (Å²) in [6.45, 7) is 4.32. The fourth-order valence-electron chi connectivity index (χ4n) is 5.05. The predicted molar refractivity (Wildman–Crippen MR) is 152 cm³/mol. The van der Waals surface area contributed by atoms with E-state index in [-0.39, 0.29) is 23.7 Å². The van der Waals surface area contributed by atoms with E-state index in [9.17, 15) is 9.59 Å². The monoisotopic (exact) mass is 524 g/mol. The topological polar surface area (TPSA) is 94.1 Å². The molecule has 1 saturated heterocycles. The summed E-state index contributed by atoms with van der Waals surface area (Å²) in [5.74, 6) is -0.461. The number of nitrogens with one attached hydrogen (secondary N) is 1. The molecule has 38 heavy (non-hydrogen) atoms. The highest BCUT2D eigenvalue weighted by atomic mass is 32.2. The Labute approximate surface area is 225 Å². The van der Waals surface area contributed by atoms with Crippen LogP contribution in [0.1, 0.15) is 42.4 Å². The molecule has 0 radical (unpaired) electrons. The summed E-state index contributed by atoms with van der Waals surface area (Å²) in [6.07, 6.45) is 7.12. The number of amidine groups is 2. The molecule has 9 heteroatoms. The zero-order valence-corrected chi connectivity index (χ0v) is 22.0. The minimum absolute atomic E-state index is 0.0247. The van der Waals surface area contributed by atoms with Gasteiger partial charge < -0.3 is 9.47 Å². The van der Waals surface area contributed by atoms with Crippen LogP contribution in [0.5, 0.6) is 0 Å². The lowest BCUT2D eigenvalue weighted by molar-refractivity contribution is -0.130. The van der Waals surface area contributed by atoms with E-state index in [4.69, 9.17) is 5.41 Å². The largest absolute Gasteiger partial charge is 0.342 e. The number of aliphatic imine (C=N–C) groups is 1. The lowest BCUT2D eigenvalue weighted by atomic mass is 10.1. The van der Waals surface area contributed by atoms with Gasteiger partial charge in [-0.3, -0.25) is 15.0 Å². The second kappa shape index (κ2) is 10.1. The first-order valence-corrected chi connectivity index (χ1v) is 13.7. The molecular formula is C29H28N6O2S. The standard InChI is InChI=1S/C29H28N6O2S/c1-19-9-11-20(12-10-19)17-34-18-21(22-7-3-4-8-24(22)34)15-23-27(30)35-29(31-28(23)37)38-25(32-35)16-26(36)33-13-5-2-6-14-33/h3-4,7-12,15,18,30H,2,5-6,13-14,16-17H2,1H3/b23-15-,30-27?. The average molecular weight is 525 g/mol. The fourth-order valence-corrected chi connectivity index (χ4v) is 5.93. The Morgan fingerprint density at radius 1 is 1.08 bits per heavy atom. The lowest BCUT2D eigenvalue weighted by Gasteiger charge is -2.26. The molecule has 2 aromatic carbocycles. The van der Waals surface area contributed by atoms with Crippen molar-refractivity contribution < 1.29 is 9.59 Å². The molecule has 1 N–H and O–H groups in total. The molecule has 6 rings (SSSR count). The van der Waals surface area contributed by atoms with Crippen molar-refractivity contribution >= 4 is 56.6 Å². The number of nitrogens with zero attached hydrogens (tertiary/aromatic N) is 5. The van der Waals surface area contributed by atoms with E-state index >= 15 is 0 Å². The summed E-state index contributed by atoms with van der Waals surface area (Å²) in [6, 6.07) is 16.5. The summed E-state index contributed by atoms with van der Waals surface area (Å²) in [7, 11) is 0. The van der Waals surface area contributed by atoms with Crippen molar-refractivity contribution in [3.63, 3.8) is 0 Å². The van der Waals surface area contributed by atoms with Gasteiger partial charge in [-0.15, -0.1) is 0 Å². The third-order valence-electron chi connectivity index (χ3n) is 7.10. The molecule has 0 spiro atoms. The fraction of sp³-hybridized carbons (Fsp3) is 0.276. The number of aryl methyl sites for hydroxylation is 1. The molecule has 1 fully saturated rings. The molecule has 0 saturated carbocycles. The molecule has 0 bridgehead atoms. The van der Waals surface area contributed by atoms with Crippen LogP contribution in [0.15, 0.2) is 70.4 Å². The van der Waals surface area contributed by atoms with Crippen molar-refractivity contribution in [2.75, 3.05) is 13.1 Å². The third kappa shape index (κ3) is 4.69. The SMILES string of the molecule is Cc1ccc(Cn2cc(/C=C3/C(=N)N4N=C(CC(=O)N5CCCCC5)SC4=NC3=O)c3ccccc32)cc1. The van der Waals surface area contributed by atoms with Crippen molar-refractivity contribution in [1.29, 1.82) is 5.41 Å². The lowest BCUT2D eigenvalue weighted by Crippen LogP contribution is -2.36. The first kappa shape index (κ1) is 24.4. The van der Waals surface area contributed by atoms with E-state index in [0.29, 0.717) is 16.8 Å². The van der Waals surface area contributed by atoms with Gasteiger partial charge >= 0.3 is 0 Å². The number of hydrogen-bond acceptors (Lipinski definition) is 5. The number of fused-ring (bicyclic) bond motifs is 2. The number of hydrogen-bond donors (Lipinski definition) is 1. The van der Waals surface area contributed by atoms with Crippen LogP contribution in [-0.4, -0.2) is 55.4 Å². The first-order valence-electron chi connectivity index (χ1n) is 12.9. The average Bonchev–Trinajstić information content (AvgIpc) is 3.49. The molecular weight excluding hydrogens is 496 g/mol. The summed E-state index contributed by atoms with van der Waals surface area (Å²) < 4.78 is 2.16. The Hall–Kier alpha value is -3.98. The molecule has 1 aromatic heterocycles. The van der Waals surface area contributed by atoms with Crippen LogP contribution in [-0.2, 0) is 16.1 Å². The number of para-hydroxylation sites is 1. The number of likely N-dealkylation sites (tertiary alicyclic amines) is 1. The number of piperidine rings is 1. The summed E-state index contributed by atoms with van der Waals surface area (Å²) in [5, 5.41) is 16.5. The smallest absolute Gasteiger partial charge is 0.283 e. The molecule has 3 aliphatic rings. The van der Waals surface area contributed by atoms with Crippen molar-refractivity contribution in [2.45, 2.75) is 39.2 Å². The van der Waals surface area contributed by atoms with E-state index in [1.54, 1.807) is 6.08 Å². The second-order valence-electron chi connectivity index (χ2n) is 9.85. The number of aromatic nitrogens is 1. The van der Waals surface area contributed by atoms with Gasteiger partial charge in [-0.25, -0.2) is 0 Å². The third-order valence-corrected chi connectivity index (χ3v) is 8.01. The molecule has 4 heterocycles. The molecule has 0 aliphatic carbocycles. The van der Waals surface area contributed by atoms with Crippen molar-refractivity contribution in [1.82, 2.24) is 14.5 Å². The molecule has 0 unspecified atom stereocenters. The predicted octanol–water partition coefficient (Wildman–Crippen LogP) is 5.02. The Kier molecular flexibility index (Phi) is 6.45. The summed E-state index contributed by atoms with van der Waals surface area (Å²) >= 11 is 1.20. The summed E-state index contributed by atoms with van der Waals surface area (Å²) in [4.78, 5) is 31.8. The van der Waals surface area contributed by atoms with Crippen LogP contribution in [0.4, 0.5) is 0 Å². The van der Waals surface area contributed by atoms with E-state index < -0.39 is 5.91 Å². The number of carbonyl (C=O) groups excluding carboxylic acids is 2. The van der Waals surface area contributed by atoms with Crippen LogP contribution >= 0.6 is 11.8 Å². The number of carbonyl (C=O) groups is 2. The second-order valence-corrected chi connectivity index (χ2v) is 10.9. The van der Waals surface area contributed by atoms with E-state index in [0.717, 1.165) is 48.8 Å². The maximum absolute atomic E-state index is 13.0. The summed E-state index contributed by atoms with van der Waals surface area (Å²) in [5.41, 5.74) is 4.47. The molecule has 8 nitrogen and oxygen atoms in total. The molecule has 3 aromatic rings. The van der Waals surface area contributed by atoms with Crippen LogP contribution in [0, 0.1) is 12.3 Å². The zero-order valence-electron chi connectivity index (χ0n) is 21.2. The van der Waals surface area contributed by atoms with Crippen LogP contribution < -0.4 is 0 Å². The molecule has 192 valence electrons. The van der Waals surface area contributed by atoms with Crippen molar-refractivity contribution in [3.8, 4) is 0 Å². The normalized spacial score (nSPS) is 18.7. The van der Waals surface area contributed by atoms with Gasteiger partial charge in [-0.2, -0.15) is 15.1 Å². The number of rotatable bonds is 5. The number of thioether (sulfide) groups is 1. The quantitative estimate of drug-likeness (QED) is 0.474. The highest BCUT2D eigenvalue weighted by Gasteiger charge is 2.36. The Bertz CT molecular complexity index is 1540. The van der Waals surface area contributed by atoms with Gasteiger partial charge in [-0.05, 0) is 55.7 Å². The van der Waals surface area contributed by atoms with Gasteiger partial charge in [0.2, 0.25) is 11.1 Å². The molecule has 3 aliphatic heterocycles. The van der Waals surface area contributed by atoms with Crippen LogP contribution in [0.25, 0.3) is 17.0 Å². The Balaban J connectivity index is 1.27. The number of amides is 2. The van der Waals surface area contributed by atoms with Gasteiger partial charge in [0.25, 0.3) is 5.91 Å². The Morgan fingerprint density at radius 3 is 2.63 bits per heavy atom. The van der Waals surface area contributed by atoms with Crippen molar-refractivity contribution in [3.05, 3.63) is 77.0 Å². The van der Waals surface area contributed by atoms with Crippen LogP contribution in [0.3, 0.4) is 0 Å². The van der Waals surface area contributed by atoms with E-state index in [1.807, 2.05) is 29.3 Å². The highest BCUT2D eigenvalue weighted by Crippen LogP contribution is 2.31. The van der Waals surface area contributed by atoms with E-state index in [2.05, 4.69) is 51.9 Å². The van der Waals surface area contributed by atoms with Crippen LogP contribution in [0.2, 0.25) is 0 Å². The molecule has 2 amide bonds. The first-order chi connectivity index (χ1) is 18.5. The zero-order chi connectivity index (χ0) is 26.2. The number of hydrazone groups is 1. The highest BCUT2D eigenvalue weighted by molar-refractivity contribution is 8.27. The minimum atomic E-state index is -0.470. The van der Waals surface area contributed by atoms with Gasteiger partial charge in [0.05, 0.1) is 12.0 Å². The maximum atomic E-state index is 13.0. The van der Waals surface area contributed by atoms with Gasteiger partial charge in [-0.1, -0.05) is 48.0 Å². The van der Waals surface area contributed by atoms with Gasteiger partial charge in [0.1, 0.15) is 5.04 Å². The van der Waals surface area contributed by atoms with Gasteiger partial charge in [0, 0.05) is 42.3 Å². The Morgan fingerprint density at radius 2 is 1.84 bits per heavy atom. The number of benzene rings is 2. The van der Waals surface area contributed by atoms with Gasteiger partial charge in [0.15, 0.2) is 5.84 Å².